The number of carbonyl (C=O) groups is 2. The molecule has 0 saturated heterocycles. The molecule has 1 aliphatic heterocycles. The summed E-state index contributed by atoms with van der Waals surface area (Å²) in [5.74, 6) is -0.321. The molecule has 2 heterocycles. The number of aromatic nitrogens is 3. The molecule has 2 atom stereocenters. The first kappa shape index (κ1) is 15.2. The second-order valence-corrected chi connectivity index (χ2v) is 5.74. The van der Waals surface area contributed by atoms with Crippen molar-refractivity contribution in [3.05, 3.63) is 42.0 Å². The van der Waals surface area contributed by atoms with Crippen LogP contribution in [0.1, 0.15) is 36.5 Å². The first-order valence-corrected chi connectivity index (χ1v) is 7.67. The van der Waals surface area contributed by atoms with Crippen LogP contribution in [0, 0.1) is 5.92 Å². The van der Waals surface area contributed by atoms with E-state index in [0.717, 1.165) is 17.7 Å². The second-order valence-electron chi connectivity index (χ2n) is 5.74. The van der Waals surface area contributed by atoms with E-state index in [-0.39, 0.29) is 23.6 Å². The molecule has 7 nitrogen and oxygen atoms in total. The Kier molecular flexibility index (Phi) is 4.10. The molecule has 2 amide bonds. The lowest BCUT2D eigenvalue weighted by Crippen LogP contribution is -2.49. The zero-order valence-electron chi connectivity index (χ0n) is 13.1. The predicted molar refractivity (Wildman–Crippen MR) is 84.6 cm³/mol. The van der Waals surface area contributed by atoms with Crippen molar-refractivity contribution in [2.24, 2.45) is 5.92 Å². The van der Waals surface area contributed by atoms with Gasteiger partial charge in [-0.1, -0.05) is 38.5 Å². The summed E-state index contributed by atoms with van der Waals surface area (Å²) in [6.45, 7) is 4.33. The fourth-order valence-corrected chi connectivity index (χ4v) is 2.84. The largest absolute Gasteiger partial charge is 0.324 e. The van der Waals surface area contributed by atoms with Gasteiger partial charge in [0.1, 0.15) is 12.4 Å². The Hall–Kier alpha value is -2.70. The lowest BCUT2D eigenvalue weighted by Gasteiger charge is -2.31. The molecule has 0 radical (unpaired) electrons. The van der Waals surface area contributed by atoms with Crippen molar-refractivity contribution in [3.8, 4) is 0 Å². The van der Waals surface area contributed by atoms with E-state index >= 15 is 0 Å². The number of H-pyrrole nitrogens is 1. The number of carbonyl (C=O) groups excluding carboxylic acids is 2. The number of nitrogens with one attached hydrogen (secondary N) is 2. The van der Waals surface area contributed by atoms with Crippen molar-refractivity contribution in [2.75, 3.05) is 5.32 Å². The molecule has 0 fully saturated rings. The number of fused-ring (bicyclic) bond motifs is 1. The number of nitrogens with zero attached hydrogens (tertiary/aromatic N) is 3. The average molecular weight is 313 g/mol. The minimum atomic E-state index is -0.551. The standard InChI is InChI=1S/C16H19N5O2/c1-3-10(2)13-15(22)19-12-7-5-4-6-11(12)8-21(13)16(23)14-17-9-18-20-14/h4-7,9-10,13H,3,8H2,1-2H3,(H,19,22)(H,17,18,20)/t10-,13-/m0/s1. The molecule has 0 aliphatic carbocycles. The van der Waals surface area contributed by atoms with Gasteiger partial charge in [0.05, 0.1) is 0 Å². The van der Waals surface area contributed by atoms with Crippen LogP contribution in [-0.4, -0.2) is 37.9 Å². The van der Waals surface area contributed by atoms with Gasteiger partial charge >= 0.3 is 0 Å². The summed E-state index contributed by atoms with van der Waals surface area (Å²) in [5.41, 5.74) is 1.65. The molecule has 23 heavy (non-hydrogen) atoms. The summed E-state index contributed by atoms with van der Waals surface area (Å²) in [4.78, 5) is 31.0. The molecule has 1 aliphatic rings. The molecule has 120 valence electrons. The minimum absolute atomic E-state index is 0.0242. The number of aromatic amines is 1. The number of rotatable bonds is 3. The number of anilines is 1. The third kappa shape index (κ3) is 2.81. The van der Waals surface area contributed by atoms with E-state index in [1.807, 2.05) is 38.1 Å². The van der Waals surface area contributed by atoms with Crippen LogP contribution in [0.2, 0.25) is 0 Å². The Morgan fingerprint density at radius 3 is 2.91 bits per heavy atom. The maximum Gasteiger partial charge on any atom is 0.292 e. The zero-order valence-corrected chi connectivity index (χ0v) is 13.1. The molecule has 0 bridgehead atoms. The van der Waals surface area contributed by atoms with Gasteiger partial charge in [-0.05, 0) is 17.5 Å². The third-order valence-electron chi connectivity index (χ3n) is 4.28. The highest BCUT2D eigenvalue weighted by atomic mass is 16.2. The molecule has 2 N–H and O–H groups in total. The minimum Gasteiger partial charge on any atom is -0.324 e. The van der Waals surface area contributed by atoms with E-state index in [1.54, 1.807) is 4.90 Å². The van der Waals surface area contributed by atoms with E-state index in [9.17, 15) is 9.59 Å². The van der Waals surface area contributed by atoms with Crippen LogP contribution in [0.3, 0.4) is 0 Å². The van der Waals surface area contributed by atoms with E-state index in [1.165, 1.54) is 6.33 Å². The number of hydrogen-bond acceptors (Lipinski definition) is 4. The van der Waals surface area contributed by atoms with Crippen molar-refractivity contribution < 1.29 is 9.59 Å². The zero-order chi connectivity index (χ0) is 16.4. The molecule has 2 aromatic rings. The van der Waals surface area contributed by atoms with Crippen molar-refractivity contribution in [3.63, 3.8) is 0 Å². The topological polar surface area (TPSA) is 91.0 Å². The number of amides is 2. The van der Waals surface area contributed by atoms with Gasteiger partial charge in [-0.2, -0.15) is 5.10 Å². The lowest BCUT2D eigenvalue weighted by atomic mass is 9.96. The first-order valence-electron chi connectivity index (χ1n) is 7.67. The highest BCUT2D eigenvalue weighted by molar-refractivity contribution is 6.01. The Bertz CT molecular complexity index is 713. The highest BCUT2D eigenvalue weighted by Gasteiger charge is 2.37. The third-order valence-corrected chi connectivity index (χ3v) is 4.28. The van der Waals surface area contributed by atoms with Gasteiger partial charge < -0.3 is 10.2 Å². The Balaban J connectivity index is 2.03. The molecule has 3 rings (SSSR count). The van der Waals surface area contributed by atoms with Crippen LogP contribution in [0.15, 0.2) is 30.6 Å². The van der Waals surface area contributed by atoms with Crippen molar-refractivity contribution in [1.82, 2.24) is 20.1 Å². The summed E-state index contributed by atoms with van der Waals surface area (Å²) in [6, 6.07) is 6.97. The van der Waals surface area contributed by atoms with Crippen LogP contribution in [-0.2, 0) is 11.3 Å². The van der Waals surface area contributed by atoms with Crippen LogP contribution in [0.4, 0.5) is 5.69 Å². The van der Waals surface area contributed by atoms with Gasteiger partial charge in [0.15, 0.2) is 0 Å². The molecular formula is C16H19N5O2. The van der Waals surface area contributed by atoms with Gasteiger partial charge in [0.25, 0.3) is 5.91 Å². The Morgan fingerprint density at radius 2 is 2.22 bits per heavy atom. The first-order chi connectivity index (χ1) is 11.1. The number of para-hydroxylation sites is 1. The summed E-state index contributed by atoms with van der Waals surface area (Å²) in [7, 11) is 0. The van der Waals surface area contributed by atoms with Crippen molar-refractivity contribution in [2.45, 2.75) is 32.9 Å². The van der Waals surface area contributed by atoms with Gasteiger partial charge in [-0.25, -0.2) is 4.98 Å². The monoisotopic (exact) mass is 313 g/mol. The van der Waals surface area contributed by atoms with Crippen molar-refractivity contribution in [1.29, 1.82) is 0 Å². The second kappa shape index (κ2) is 6.20. The fraction of sp³-hybridized carbons (Fsp3) is 0.375. The molecule has 0 spiro atoms. The maximum atomic E-state index is 12.8. The summed E-state index contributed by atoms with van der Waals surface area (Å²) in [5, 5.41) is 9.26. The summed E-state index contributed by atoms with van der Waals surface area (Å²) < 4.78 is 0. The summed E-state index contributed by atoms with van der Waals surface area (Å²) in [6.07, 6.45) is 2.08. The van der Waals surface area contributed by atoms with E-state index < -0.39 is 6.04 Å². The smallest absolute Gasteiger partial charge is 0.292 e. The molecule has 1 aromatic heterocycles. The van der Waals surface area contributed by atoms with Gasteiger partial charge in [0.2, 0.25) is 11.7 Å². The quantitative estimate of drug-likeness (QED) is 0.904. The van der Waals surface area contributed by atoms with Crippen LogP contribution < -0.4 is 5.32 Å². The predicted octanol–water partition coefficient (Wildman–Crippen LogP) is 1.81. The highest BCUT2D eigenvalue weighted by Crippen LogP contribution is 2.27. The van der Waals surface area contributed by atoms with Crippen LogP contribution in [0.25, 0.3) is 0 Å². The normalized spacial score (nSPS) is 18.8. The van der Waals surface area contributed by atoms with E-state index in [4.69, 9.17) is 0 Å². The van der Waals surface area contributed by atoms with Crippen molar-refractivity contribution >= 4 is 17.5 Å². The average Bonchev–Trinajstić information content (AvgIpc) is 3.04. The maximum absolute atomic E-state index is 12.8. The number of hydrogen-bond donors (Lipinski definition) is 2. The SMILES string of the molecule is CC[C@H](C)[C@H]1C(=O)Nc2ccccc2CN1C(=O)c1ncn[nH]1. The number of benzene rings is 1. The Labute approximate surface area is 134 Å². The molecule has 1 aromatic carbocycles. The van der Waals surface area contributed by atoms with Crippen LogP contribution >= 0.6 is 0 Å². The Morgan fingerprint density at radius 1 is 1.43 bits per heavy atom. The molecular weight excluding hydrogens is 294 g/mol. The van der Waals surface area contributed by atoms with Gasteiger partial charge in [-0.15, -0.1) is 0 Å². The summed E-state index contributed by atoms with van der Waals surface area (Å²) >= 11 is 0. The molecule has 0 saturated carbocycles. The van der Waals surface area contributed by atoms with Gasteiger partial charge in [0, 0.05) is 12.2 Å². The lowest BCUT2D eigenvalue weighted by molar-refractivity contribution is -0.122. The molecule has 0 unspecified atom stereocenters. The van der Waals surface area contributed by atoms with E-state index in [0.29, 0.717) is 6.54 Å². The van der Waals surface area contributed by atoms with Gasteiger partial charge in [-0.3, -0.25) is 14.7 Å². The van der Waals surface area contributed by atoms with Crippen LogP contribution in [0.5, 0.6) is 0 Å². The fourth-order valence-electron chi connectivity index (χ4n) is 2.84. The van der Waals surface area contributed by atoms with E-state index in [2.05, 4.69) is 20.5 Å². The molecule has 7 heteroatoms.